The van der Waals surface area contributed by atoms with Crippen LogP contribution < -0.4 is 0 Å². The molecule has 0 spiro atoms. The van der Waals surface area contributed by atoms with Gasteiger partial charge in [0.25, 0.3) is 0 Å². The van der Waals surface area contributed by atoms with Crippen LogP contribution in [0.2, 0.25) is 0 Å². The molecule has 26 heavy (non-hydrogen) atoms. The molecule has 1 atom stereocenters. The van der Waals surface area contributed by atoms with Crippen molar-refractivity contribution in [2.75, 3.05) is 13.7 Å². The summed E-state index contributed by atoms with van der Waals surface area (Å²) >= 11 is 1.40. The number of aromatic amines is 1. The van der Waals surface area contributed by atoms with E-state index in [1.165, 1.54) is 11.8 Å². The summed E-state index contributed by atoms with van der Waals surface area (Å²) in [6.07, 6.45) is 3.66. The number of rotatable bonds is 5. The smallest absolute Gasteiger partial charge is 0.355 e. The number of nitrogens with one attached hydrogen (secondary N) is 1. The Morgan fingerprint density at radius 1 is 1.38 bits per heavy atom. The number of hydrogen-bond acceptors (Lipinski definition) is 5. The van der Waals surface area contributed by atoms with E-state index in [0.29, 0.717) is 11.3 Å². The van der Waals surface area contributed by atoms with Gasteiger partial charge in [-0.2, -0.15) is 0 Å². The second-order valence-corrected chi connectivity index (χ2v) is 7.20. The largest absolute Gasteiger partial charge is 0.457 e. The van der Waals surface area contributed by atoms with Crippen LogP contribution in [0.25, 0.3) is 16.5 Å². The highest BCUT2D eigenvalue weighted by molar-refractivity contribution is 8.03. The highest BCUT2D eigenvalue weighted by atomic mass is 32.2. The van der Waals surface area contributed by atoms with Gasteiger partial charge in [-0.25, -0.2) is 9.59 Å². The van der Waals surface area contributed by atoms with Crippen molar-refractivity contribution >= 4 is 40.1 Å². The SMILES string of the molecule is CC(C)=CCOC(=O)C1=CSC(C(=C=O)c2c[nH]c3ccccc23)N1C. The van der Waals surface area contributed by atoms with Gasteiger partial charge in [-0.05, 0) is 26.0 Å². The Kier molecular flexibility index (Phi) is 5.35. The zero-order valence-electron chi connectivity index (χ0n) is 14.9. The summed E-state index contributed by atoms with van der Waals surface area (Å²) in [7, 11) is 1.78. The lowest BCUT2D eigenvalue weighted by Crippen LogP contribution is -2.29. The predicted octanol–water partition coefficient (Wildman–Crippen LogP) is 3.74. The molecule has 0 saturated heterocycles. The molecule has 1 aliphatic heterocycles. The summed E-state index contributed by atoms with van der Waals surface area (Å²) in [6, 6.07) is 7.78. The lowest BCUT2D eigenvalue weighted by Gasteiger charge is -2.23. The Morgan fingerprint density at radius 3 is 2.88 bits per heavy atom. The summed E-state index contributed by atoms with van der Waals surface area (Å²) in [6.45, 7) is 4.13. The quantitative estimate of drug-likeness (QED) is 0.495. The van der Waals surface area contributed by atoms with Gasteiger partial charge in [0.05, 0.1) is 5.57 Å². The van der Waals surface area contributed by atoms with Gasteiger partial charge in [-0.1, -0.05) is 23.8 Å². The van der Waals surface area contributed by atoms with E-state index in [2.05, 4.69) is 10.9 Å². The van der Waals surface area contributed by atoms with Crippen molar-refractivity contribution in [1.82, 2.24) is 9.88 Å². The van der Waals surface area contributed by atoms with Crippen LogP contribution in [0.15, 0.2) is 53.2 Å². The second kappa shape index (κ2) is 7.68. The van der Waals surface area contributed by atoms with Crippen LogP contribution in [0.3, 0.4) is 0 Å². The number of thioether (sulfide) groups is 1. The maximum Gasteiger partial charge on any atom is 0.355 e. The number of benzene rings is 1. The third-order valence-corrected chi connectivity index (χ3v) is 5.36. The number of esters is 1. The number of para-hydroxylation sites is 1. The summed E-state index contributed by atoms with van der Waals surface area (Å²) < 4.78 is 5.28. The maximum absolute atomic E-state index is 12.3. The predicted molar refractivity (Wildman–Crippen MR) is 105 cm³/mol. The number of hydrogen-bond donors (Lipinski definition) is 1. The minimum absolute atomic E-state index is 0.237. The Morgan fingerprint density at radius 2 is 2.15 bits per heavy atom. The van der Waals surface area contributed by atoms with E-state index in [1.807, 2.05) is 50.4 Å². The number of allylic oxidation sites excluding steroid dienone is 1. The fraction of sp³-hybridized carbons (Fsp3) is 0.250. The number of H-pyrrole nitrogens is 1. The number of nitrogens with zero attached hydrogens (tertiary/aromatic N) is 1. The Balaban J connectivity index is 1.79. The molecule has 2 heterocycles. The van der Waals surface area contributed by atoms with Crippen molar-refractivity contribution in [3.05, 3.63) is 58.8 Å². The van der Waals surface area contributed by atoms with Gasteiger partial charge in [0, 0.05) is 35.1 Å². The summed E-state index contributed by atoms with van der Waals surface area (Å²) in [4.78, 5) is 29.0. The number of aromatic nitrogens is 1. The first-order valence-electron chi connectivity index (χ1n) is 8.23. The molecule has 0 amide bonds. The summed E-state index contributed by atoms with van der Waals surface area (Å²) in [5.74, 6) is 1.68. The molecule has 1 aliphatic rings. The standard InChI is InChI=1S/C20H20N2O3S/c1-13(2)8-9-25-20(24)18-12-26-19(22(18)3)16(11-23)15-10-21-17-7-5-4-6-14(15)17/h4-8,10,12,19,21H,9H2,1-3H3. The van der Waals surface area contributed by atoms with Crippen LogP contribution in [0, 0.1) is 0 Å². The van der Waals surface area contributed by atoms with Crippen LogP contribution in [0.1, 0.15) is 19.4 Å². The zero-order valence-corrected chi connectivity index (χ0v) is 15.7. The molecule has 6 heteroatoms. The van der Waals surface area contributed by atoms with Crippen molar-refractivity contribution < 1.29 is 14.3 Å². The first kappa shape index (κ1) is 18.1. The van der Waals surface area contributed by atoms with E-state index in [0.717, 1.165) is 22.0 Å². The molecular weight excluding hydrogens is 348 g/mol. The van der Waals surface area contributed by atoms with E-state index < -0.39 is 5.97 Å². The fourth-order valence-corrected chi connectivity index (χ4v) is 3.90. The molecule has 134 valence electrons. The first-order chi connectivity index (χ1) is 12.5. The van der Waals surface area contributed by atoms with Gasteiger partial charge in [0.15, 0.2) is 0 Å². The Labute approximate surface area is 156 Å². The fourth-order valence-electron chi connectivity index (χ4n) is 2.77. The average molecular weight is 368 g/mol. The van der Waals surface area contributed by atoms with Gasteiger partial charge in [0.1, 0.15) is 23.6 Å². The topological polar surface area (TPSA) is 62.4 Å². The lowest BCUT2D eigenvalue weighted by molar-refractivity contribution is -0.139. The lowest BCUT2D eigenvalue weighted by atomic mass is 10.1. The number of carbonyl (C=O) groups is 1. The molecule has 5 nitrogen and oxygen atoms in total. The Bertz CT molecular complexity index is 947. The number of likely N-dealkylation sites (N-methyl/N-ethyl adjacent to an activating group) is 1. The van der Waals surface area contributed by atoms with Crippen molar-refractivity contribution in [2.24, 2.45) is 0 Å². The van der Waals surface area contributed by atoms with E-state index in [4.69, 9.17) is 4.74 Å². The highest BCUT2D eigenvalue weighted by Gasteiger charge is 2.33. The van der Waals surface area contributed by atoms with Gasteiger partial charge >= 0.3 is 5.97 Å². The first-order valence-corrected chi connectivity index (χ1v) is 9.17. The molecule has 0 bridgehead atoms. The van der Waals surface area contributed by atoms with Crippen molar-refractivity contribution in [3.8, 4) is 0 Å². The molecule has 0 radical (unpaired) electrons. The van der Waals surface area contributed by atoms with Crippen LogP contribution in [0.4, 0.5) is 0 Å². The molecule has 1 N–H and O–H groups in total. The molecule has 1 aromatic heterocycles. The third kappa shape index (κ3) is 3.47. The number of ether oxygens (including phenoxy) is 1. The minimum Gasteiger partial charge on any atom is -0.457 e. The molecule has 3 rings (SSSR count). The summed E-state index contributed by atoms with van der Waals surface area (Å²) in [5.41, 5.74) is 3.78. The zero-order chi connectivity index (χ0) is 18.7. The number of fused-ring (bicyclic) bond motifs is 1. The molecule has 0 saturated carbocycles. The molecule has 0 aliphatic carbocycles. The average Bonchev–Trinajstić information content (AvgIpc) is 3.20. The molecule has 1 unspecified atom stereocenters. The van der Waals surface area contributed by atoms with Crippen molar-refractivity contribution in [2.45, 2.75) is 19.2 Å². The molecular formula is C20H20N2O3S. The third-order valence-electron chi connectivity index (χ3n) is 4.19. The van der Waals surface area contributed by atoms with Gasteiger partial charge in [0.2, 0.25) is 0 Å². The van der Waals surface area contributed by atoms with Crippen LogP contribution in [-0.2, 0) is 14.3 Å². The summed E-state index contributed by atoms with van der Waals surface area (Å²) in [5, 5.41) is 2.37. The van der Waals surface area contributed by atoms with E-state index in [9.17, 15) is 9.59 Å². The van der Waals surface area contributed by atoms with Crippen LogP contribution in [-0.4, -0.2) is 40.8 Å². The normalized spacial score (nSPS) is 16.2. The monoisotopic (exact) mass is 368 g/mol. The number of carbonyl (C=O) groups excluding carboxylic acids is 2. The van der Waals surface area contributed by atoms with E-state index >= 15 is 0 Å². The Hall–Kier alpha value is -2.69. The van der Waals surface area contributed by atoms with E-state index in [1.54, 1.807) is 17.4 Å². The maximum atomic E-state index is 12.3. The molecule has 2 aromatic rings. The van der Waals surface area contributed by atoms with E-state index in [-0.39, 0.29) is 12.0 Å². The van der Waals surface area contributed by atoms with Crippen molar-refractivity contribution in [1.29, 1.82) is 0 Å². The minimum atomic E-state index is -0.399. The highest BCUT2D eigenvalue weighted by Crippen LogP contribution is 2.39. The van der Waals surface area contributed by atoms with Crippen LogP contribution in [0.5, 0.6) is 0 Å². The van der Waals surface area contributed by atoms with Crippen molar-refractivity contribution in [3.63, 3.8) is 0 Å². The molecule has 1 aromatic carbocycles. The second-order valence-electron chi connectivity index (χ2n) is 6.25. The van der Waals surface area contributed by atoms with Gasteiger partial charge in [-0.3, -0.25) is 0 Å². The molecule has 0 fully saturated rings. The van der Waals surface area contributed by atoms with Crippen LogP contribution >= 0.6 is 11.8 Å². The van der Waals surface area contributed by atoms with Gasteiger partial charge in [-0.15, -0.1) is 11.8 Å². The van der Waals surface area contributed by atoms with Gasteiger partial charge < -0.3 is 14.6 Å².